The maximum Gasteiger partial charge on any atom is 0.0336 e. The van der Waals surface area contributed by atoms with Gasteiger partial charge >= 0.3 is 0 Å². The van der Waals surface area contributed by atoms with Crippen molar-refractivity contribution in [3.05, 3.63) is 69.2 Å². The van der Waals surface area contributed by atoms with Crippen LogP contribution in [0.25, 0.3) is 0 Å². The fourth-order valence-corrected chi connectivity index (χ4v) is 2.52. The number of hydrogen-bond donors (Lipinski definition) is 1. The third kappa shape index (κ3) is 3.68. The molecule has 0 amide bonds. The molecule has 0 fully saturated rings. The molecule has 1 nitrogen and oxygen atoms in total. The minimum absolute atomic E-state index is 0.0457. The van der Waals surface area contributed by atoms with Crippen LogP contribution in [-0.4, -0.2) is 0 Å². The Morgan fingerprint density at radius 1 is 1.05 bits per heavy atom. The molecule has 2 N–H and O–H groups in total. The quantitative estimate of drug-likeness (QED) is 0.878. The second-order valence-electron chi connectivity index (χ2n) is 4.99. The van der Waals surface area contributed by atoms with E-state index in [0.717, 1.165) is 17.3 Å². The molecule has 100 valence electrons. The molecule has 19 heavy (non-hydrogen) atoms. The highest BCUT2D eigenvalue weighted by molar-refractivity contribution is 9.10. The molecule has 2 aromatic carbocycles. The molecule has 0 aliphatic heterocycles. The van der Waals surface area contributed by atoms with Gasteiger partial charge in [0.25, 0.3) is 0 Å². The monoisotopic (exact) mass is 317 g/mol. The van der Waals surface area contributed by atoms with Crippen LogP contribution in [0.15, 0.2) is 46.9 Å². The standard InChI is InChI=1S/C17H20BrN/c1-3-13-5-7-14(8-6-13)10-17(19)15-9-4-12(2)16(18)11-15/h4-9,11,17H,3,10,19H2,1-2H3. The molecule has 0 saturated heterocycles. The van der Waals surface area contributed by atoms with Crippen LogP contribution in [0.5, 0.6) is 0 Å². The number of aryl methyl sites for hydroxylation is 2. The van der Waals surface area contributed by atoms with Gasteiger partial charge in [-0.25, -0.2) is 0 Å². The summed E-state index contributed by atoms with van der Waals surface area (Å²) in [5.74, 6) is 0. The SMILES string of the molecule is CCc1ccc(CC(N)c2ccc(C)c(Br)c2)cc1. The third-order valence-electron chi connectivity index (χ3n) is 3.51. The molecule has 0 aliphatic carbocycles. The fourth-order valence-electron chi connectivity index (χ4n) is 2.12. The van der Waals surface area contributed by atoms with Crippen LogP contribution in [0.3, 0.4) is 0 Å². The van der Waals surface area contributed by atoms with E-state index >= 15 is 0 Å². The maximum absolute atomic E-state index is 6.30. The van der Waals surface area contributed by atoms with Crippen molar-refractivity contribution in [1.29, 1.82) is 0 Å². The normalized spacial score (nSPS) is 12.4. The average Bonchev–Trinajstić information content (AvgIpc) is 2.42. The van der Waals surface area contributed by atoms with Gasteiger partial charge in [-0.1, -0.05) is 59.3 Å². The molecule has 2 rings (SSSR count). The Morgan fingerprint density at radius 2 is 1.68 bits per heavy atom. The van der Waals surface area contributed by atoms with E-state index in [1.54, 1.807) is 0 Å². The molecule has 0 heterocycles. The lowest BCUT2D eigenvalue weighted by atomic mass is 9.98. The Morgan fingerprint density at radius 3 is 2.26 bits per heavy atom. The summed E-state index contributed by atoms with van der Waals surface area (Å²) in [4.78, 5) is 0. The van der Waals surface area contributed by atoms with Gasteiger partial charge in [0.05, 0.1) is 0 Å². The predicted octanol–water partition coefficient (Wildman–Crippen LogP) is 4.56. The Bertz CT molecular complexity index is 546. The summed E-state index contributed by atoms with van der Waals surface area (Å²) >= 11 is 3.56. The highest BCUT2D eigenvalue weighted by Crippen LogP contribution is 2.23. The molecule has 0 aromatic heterocycles. The van der Waals surface area contributed by atoms with Crippen molar-refractivity contribution < 1.29 is 0 Å². The first-order valence-electron chi connectivity index (χ1n) is 6.69. The lowest BCUT2D eigenvalue weighted by Gasteiger charge is -2.13. The van der Waals surface area contributed by atoms with Gasteiger partial charge in [0, 0.05) is 10.5 Å². The summed E-state index contributed by atoms with van der Waals surface area (Å²) in [7, 11) is 0. The Hall–Kier alpha value is -1.12. The summed E-state index contributed by atoms with van der Waals surface area (Å²) in [5, 5.41) is 0. The van der Waals surface area contributed by atoms with Crippen LogP contribution in [-0.2, 0) is 12.8 Å². The van der Waals surface area contributed by atoms with E-state index in [0.29, 0.717) is 0 Å². The zero-order valence-corrected chi connectivity index (χ0v) is 13.1. The molecular formula is C17H20BrN. The van der Waals surface area contributed by atoms with Gasteiger partial charge < -0.3 is 5.73 Å². The number of nitrogens with two attached hydrogens (primary N) is 1. The van der Waals surface area contributed by atoms with Crippen LogP contribution in [0, 0.1) is 6.92 Å². The van der Waals surface area contributed by atoms with Crippen LogP contribution in [0.2, 0.25) is 0 Å². The van der Waals surface area contributed by atoms with Crippen molar-refractivity contribution in [2.75, 3.05) is 0 Å². The molecule has 0 bridgehead atoms. The van der Waals surface area contributed by atoms with E-state index in [2.05, 4.69) is 72.2 Å². The van der Waals surface area contributed by atoms with Crippen molar-refractivity contribution >= 4 is 15.9 Å². The van der Waals surface area contributed by atoms with Gasteiger partial charge in [0.2, 0.25) is 0 Å². The molecule has 2 heteroatoms. The number of hydrogen-bond acceptors (Lipinski definition) is 1. The van der Waals surface area contributed by atoms with Gasteiger partial charge in [0.15, 0.2) is 0 Å². The average molecular weight is 318 g/mol. The van der Waals surface area contributed by atoms with E-state index in [9.17, 15) is 0 Å². The highest BCUT2D eigenvalue weighted by Gasteiger charge is 2.08. The first-order valence-corrected chi connectivity index (χ1v) is 7.49. The fraction of sp³-hybridized carbons (Fsp3) is 0.294. The van der Waals surface area contributed by atoms with E-state index in [1.165, 1.54) is 22.3 Å². The molecule has 2 aromatic rings. The molecule has 1 unspecified atom stereocenters. The van der Waals surface area contributed by atoms with Crippen molar-refractivity contribution in [2.24, 2.45) is 5.73 Å². The summed E-state index contributed by atoms with van der Waals surface area (Å²) in [6.45, 7) is 4.26. The Kier molecular flexibility index (Phi) is 4.78. The molecule has 1 atom stereocenters. The molecule has 0 aliphatic rings. The topological polar surface area (TPSA) is 26.0 Å². The second kappa shape index (κ2) is 6.36. The van der Waals surface area contributed by atoms with Crippen LogP contribution in [0.4, 0.5) is 0 Å². The summed E-state index contributed by atoms with van der Waals surface area (Å²) in [6.07, 6.45) is 1.96. The highest BCUT2D eigenvalue weighted by atomic mass is 79.9. The van der Waals surface area contributed by atoms with Gasteiger partial charge in [0.1, 0.15) is 0 Å². The lowest BCUT2D eigenvalue weighted by molar-refractivity contribution is 0.721. The molecule has 0 radical (unpaired) electrons. The zero-order valence-electron chi connectivity index (χ0n) is 11.5. The zero-order chi connectivity index (χ0) is 13.8. The largest absolute Gasteiger partial charge is 0.324 e. The summed E-state index contributed by atoms with van der Waals surface area (Å²) in [5.41, 5.74) is 11.4. The van der Waals surface area contributed by atoms with Crippen molar-refractivity contribution in [3.8, 4) is 0 Å². The van der Waals surface area contributed by atoms with Gasteiger partial charge in [-0.3, -0.25) is 0 Å². The van der Waals surface area contributed by atoms with Crippen molar-refractivity contribution in [1.82, 2.24) is 0 Å². The van der Waals surface area contributed by atoms with Crippen LogP contribution >= 0.6 is 15.9 Å². The molecular weight excluding hydrogens is 298 g/mol. The second-order valence-corrected chi connectivity index (χ2v) is 5.84. The first kappa shape index (κ1) is 14.3. The van der Waals surface area contributed by atoms with Crippen molar-refractivity contribution in [3.63, 3.8) is 0 Å². The van der Waals surface area contributed by atoms with Gasteiger partial charge in [-0.2, -0.15) is 0 Å². The smallest absolute Gasteiger partial charge is 0.0336 e. The Balaban J connectivity index is 2.10. The van der Waals surface area contributed by atoms with E-state index in [1.807, 2.05) is 0 Å². The van der Waals surface area contributed by atoms with E-state index in [4.69, 9.17) is 5.73 Å². The number of rotatable bonds is 4. The summed E-state index contributed by atoms with van der Waals surface area (Å²) in [6, 6.07) is 15.1. The number of benzene rings is 2. The van der Waals surface area contributed by atoms with Crippen LogP contribution in [0.1, 0.15) is 35.2 Å². The minimum atomic E-state index is 0.0457. The van der Waals surface area contributed by atoms with Crippen molar-refractivity contribution in [2.45, 2.75) is 32.7 Å². The number of halogens is 1. The third-order valence-corrected chi connectivity index (χ3v) is 4.37. The first-order chi connectivity index (χ1) is 9.10. The molecule has 0 saturated carbocycles. The lowest BCUT2D eigenvalue weighted by Crippen LogP contribution is -2.13. The van der Waals surface area contributed by atoms with Gasteiger partial charge in [-0.15, -0.1) is 0 Å². The summed E-state index contributed by atoms with van der Waals surface area (Å²) < 4.78 is 1.13. The van der Waals surface area contributed by atoms with Gasteiger partial charge in [-0.05, 0) is 48.1 Å². The van der Waals surface area contributed by atoms with E-state index in [-0.39, 0.29) is 6.04 Å². The molecule has 0 spiro atoms. The van der Waals surface area contributed by atoms with Crippen LogP contribution < -0.4 is 5.73 Å². The predicted molar refractivity (Wildman–Crippen MR) is 85.3 cm³/mol. The maximum atomic E-state index is 6.30. The van der Waals surface area contributed by atoms with E-state index < -0.39 is 0 Å². The Labute approximate surface area is 124 Å². The minimum Gasteiger partial charge on any atom is -0.324 e.